The van der Waals surface area contributed by atoms with E-state index in [4.69, 9.17) is 4.74 Å². The molecule has 2 heterocycles. The molecule has 1 amide bonds. The summed E-state index contributed by atoms with van der Waals surface area (Å²) in [5.74, 6) is -2.02. The fourth-order valence-electron chi connectivity index (χ4n) is 3.29. The third-order valence-electron chi connectivity index (χ3n) is 4.79. The predicted octanol–water partition coefficient (Wildman–Crippen LogP) is 3.65. The molecule has 0 unspecified atom stereocenters. The third kappa shape index (κ3) is 3.77. The number of halogens is 2. The molecule has 152 valence electrons. The number of aliphatic hydroxyl groups excluding tert-OH is 1. The number of hydrogen-bond acceptors (Lipinski definition) is 5. The molecule has 0 saturated heterocycles. The summed E-state index contributed by atoms with van der Waals surface area (Å²) in [6, 6.07) is 12.3. The molecule has 4 rings (SSSR count). The number of aromatic nitrogens is 1. The molecule has 0 radical (unpaired) electrons. The van der Waals surface area contributed by atoms with Crippen LogP contribution in [0.4, 0.5) is 8.78 Å². The normalized spacial score (nSPS) is 14.2. The number of amides is 1. The Morgan fingerprint density at radius 3 is 2.73 bits per heavy atom. The van der Waals surface area contributed by atoms with Gasteiger partial charge in [0.15, 0.2) is 24.1 Å². The average molecular weight is 410 g/mol. The van der Waals surface area contributed by atoms with Crippen molar-refractivity contribution in [3.05, 3.63) is 88.7 Å². The Balaban J connectivity index is 1.60. The highest BCUT2D eigenvalue weighted by atomic mass is 19.1. The standard InChI is InChI=1S/C22H16F2N2O4/c23-14-5-7-20(18(24)10-14)30-16-6-4-13-8-9-26(21(28)17(13)11-16)22(29)19-3-1-2-15(12-27)25-19/h1-7,10-12,22,29H,8-9H2/t22-/m1/s1. The Morgan fingerprint density at radius 1 is 1.13 bits per heavy atom. The number of nitrogens with zero attached hydrogens (tertiary/aromatic N) is 2. The monoisotopic (exact) mass is 410 g/mol. The molecule has 1 aliphatic heterocycles. The number of ether oxygens (including phenoxy) is 1. The average Bonchev–Trinajstić information content (AvgIpc) is 2.76. The van der Waals surface area contributed by atoms with Crippen molar-refractivity contribution in [1.29, 1.82) is 0 Å². The van der Waals surface area contributed by atoms with E-state index in [-0.39, 0.29) is 29.4 Å². The maximum absolute atomic E-state index is 13.9. The third-order valence-corrected chi connectivity index (χ3v) is 4.79. The van der Waals surface area contributed by atoms with E-state index in [1.807, 2.05) is 0 Å². The fraction of sp³-hybridized carbons (Fsp3) is 0.136. The van der Waals surface area contributed by atoms with E-state index in [0.717, 1.165) is 17.7 Å². The molecule has 0 saturated carbocycles. The molecule has 2 aromatic carbocycles. The van der Waals surface area contributed by atoms with Crippen molar-refractivity contribution in [2.45, 2.75) is 12.6 Å². The van der Waals surface area contributed by atoms with Crippen LogP contribution in [0.25, 0.3) is 0 Å². The minimum atomic E-state index is -1.33. The number of fused-ring (bicyclic) bond motifs is 1. The van der Waals surface area contributed by atoms with Gasteiger partial charge in [-0.1, -0.05) is 12.1 Å². The van der Waals surface area contributed by atoms with E-state index < -0.39 is 23.8 Å². The van der Waals surface area contributed by atoms with E-state index in [9.17, 15) is 23.5 Å². The fourth-order valence-corrected chi connectivity index (χ4v) is 3.29. The van der Waals surface area contributed by atoms with Crippen molar-refractivity contribution in [3.8, 4) is 11.5 Å². The van der Waals surface area contributed by atoms with Gasteiger partial charge in [-0.25, -0.2) is 13.8 Å². The molecule has 30 heavy (non-hydrogen) atoms. The highest BCUT2D eigenvalue weighted by Crippen LogP contribution is 2.31. The first kappa shape index (κ1) is 19.7. The molecule has 0 bridgehead atoms. The summed E-state index contributed by atoms with van der Waals surface area (Å²) >= 11 is 0. The highest BCUT2D eigenvalue weighted by Gasteiger charge is 2.31. The Labute approximate surface area is 170 Å². The summed E-state index contributed by atoms with van der Waals surface area (Å²) in [5.41, 5.74) is 1.38. The zero-order valence-electron chi connectivity index (χ0n) is 15.6. The first-order chi connectivity index (χ1) is 14.5. The van der Waals surface area contributed by atoms with Crippen LogP contribution in [0.5, 0.6) is 11.5 Å². The summed E-state index contributed by atoms with van der Waals surface area (Å²) < 4.78 is 32.4. The van der Waals surface area contributed by atoms with Crippen LogP contribution in [-0.4, -0.2) is 33.7 Å². The lowest BCUT2D eigenvalue weighted by molar-refractivity contribution is 0.00211. The van der Waals surface area contributed by atoms with E-state index >= 15 is 0 Å². The number of carbonyl (C=O) groups excluding carboxylic acids is 2. The van der Waals surface area contributed by atoms with Gasteiger partial charge < -0.3 is 14.7 Å². The molecule has 0 aliphatic carbocycles. The number of rotatable bonds is 5. The summed E-state index contributed by atoms with van der Waals surface area (Å²) in [6.45, 7) is 0.257. The summed E-state index contributed by atoms with van der Waals surface area (Å²) in [7, 11) is 0. The Morgan fingerprint density at radius 2 is 1.97 bits per heavy atom. The minimum absolute atomic E-state index is 0.147. The summed E-state index contributed by atoms with van der Waals surface area (Å²) in [6.07, 6.45) is -0.289. The van der Waals surface area contributed by atoms with Gasteiger partial charge in [-0.3, -0.25) is 9.59 Å². The molecular weight excluding hydrogens is 394 g/mol. The second-order valence-electron chi connectivity index (χ2n) is 6.72. The van der Waals surface area contributed by atoms with Gasteiger partial charge in [0.05, 0.1) is 5.69 Å². The molecule has 8 heteroatoms. The van der Waals surface area contributed by atoms with Crippen LogP contribution in [-0.2, 0) is 6.42 Å². The SMILES string of the molecule is O=Cc1cccc([C@@H](O)N2CCc3ccc(Oc4ccc(F)cc4F)cc3C2=O)n1. The van der Waals surface area contributed by atoms with Gasteiger partial charge in [0, 0.05) is 18.2 Å². The van der Waals surface area contributed by atoms with Gasteiger partial charge in [-0.2, -0.15) is 0 Å². The summed E-state index contributed by atoms with van der Waals surface area (Å²) in [5, 5.41) is 10.6. The Bertz CT molecular complexity index is 1140. The first-order valence-electron chi connectivity index (χ1n) is 9.13. The molecular formula is C22H16F2N2O4. The molecule has 1 aliphatic rings. The van der Waals surface area contributed by atoms with E-state index in [1.165, 1.54) is 23.1 Å². The maximum Gasteiger partial charge on any atom is 0.256 e. The Kier molecular flexibility index (Phi) is 5.24. The van der Waals surface area contributed by atoms with Crippen LogP contribution in [0.1, 0.15) is 38.3 Å². The predicted molar refractivity (Wildman–Crippen MR) is 102 cm³/mol. The van der Waals surface area contributed by atoms with E-state index in [1.54, 1.807) is 18.2 Å². The lowest BCUT2D eigenvalue weighted by Crippen LogP contribution is -2.40. The lowest BCUT2D eigenvalue weighted by Gasteiger charge is -2.32. The highest BCUT2D eigenvalue weighted by molar-refractivity contribution is 5.97. The van der Waals surface area contributed by atoms with Gasteiger partial charge in [-0.15, -0.1) is 0 Å². The second kappa shape index (κ2) is 8.00. The van der Waals surface area contributed by atoms with Gasteiger partial charge in [0.2, 0.25) is 0 Å². The molecule has 1 aromatic heterocycles. The number of aliphatic hydroxyl groups is 1. The number of aldehydes is 1. The second-order valence-corrected chi connectivity index (χ2v) is 6.72. The van der Waals surface area contributed by atoms with E-state index in [2.05, 4.69) is 4.98 Å². The molecule has 0 fully saturated rings. The van der Waals surface area contributed by atoms with Crippen molar-refractivity contribution in [1.82, 2.24) is 9.88 Å². The smallest absolute Gasteiger partial charge is 0.256 e. The topological polar surface area (TPSA) is 79.7 Å². The van der Waals surface area contributed by atoms with Gasteiger partial charge in [-0.05, 0) is 48.4 Å². The molecule has 6 nitrogen and oxygen atoms in total. The number of hydrogen-bond donors (Lipinski definition) is 1. The zero-order chi connectivity index (χ0) is 21.3. The quantitative estimate of drug-likeness (QED) is 0.650. The van der Waals surface area contributed by atoms with Gasteiger partial charge in [0.1, 0.15) is 17.3 Å². The first-order valence-corrected chi connectivity index (χ1v) is 9.13. The van der Waals surface area contributed by atoms with Gasteiger partial charge in [0.25, 0.3) is 5.91 Å². The van der Waals surface area contributed by atoms with Crippen molar-refractivity contribution in [2.24, 2.45) is 0 Å². The van der Waals surface area contributed by atoms with Crippen LogP contribution in [0.3, 0.4) is 0 Å². The zero-order valence-corrected chi connectivity index (χ0v) is 15.6. The van der Waals surface area contributed by atoms with Gasteiger partial charge >= 0.3 is 0 Å². The minimum Gasteiger partial charge on any atom is -0.454 e. The number of pyridine rings is 1. The lowest BCUT2D eigenvalue weighted by atomic mass is 9.98. The van der Waals surface area contributed by atoms with Crippen LogP contribution in [0.15, 0.2) is 54.6 Å². The van der Waals surface area contributed by atoms with Crippen molar-refractivity contribution in [3.63, 3.8) is 0 Å². The van der Waals surface area contributed by atoms with Crippen molar-refractivity contribution >= 4 is 12.2 Å². The van der Waals surface area contributed by atoms with Crippen LogP contribution < -0.4 is 4.74 Å². The molecule has 1 atom stereocenters. The number of carbonyl (C=O) groups is 2. The van der Waals surface area contributed by atoms with Crippen LogP contribution >= 0.6 is 0 Å². The number of benzene rings is 2. The summed E-state index contributed by atoms with van der Waals surface area (Å²) in [4.78, 5) is 29.2. The van der Waals surface area contributed by atoms with Crippen LogP contribution in [0, 0.1) is 11.6 Å². The largest absolute Gasteiger partial charge is 0.454 e. The molecule has 3 aromatic rings. The Hall–Kier alpha value is -3.65. The van der Waals surface area contributed by atoms with E-state index in [0.29, 0.717) is 24.3 Å². The van der Waals surface area contributed by atoms with Crippen molar-refractivity contribution < 1.29 is 28.2 Å². The van der Waals surface area contributed by atoms with Crippen molar-refractivity contribution in [2.75, 3.05) is 6.54 Å². The maximum atomic E-state index is 13.9. The van der Waals surface area contributed by atoms with Crippen LogP contribution in [0.2, 0.25) is 0 Å². The molecule has 1 N–H and O–H groups in total. The molecule has 0 spiro atoms.